The Hall–Kier alpha value is -0.550. The average molecular weight is 276 g/mol. The number of nitrogens with zero attached hydrogens (tertiary/aromatic N) is 1. The maximum absolute atomic E-state index is 12.6. The molecule has 0 saturated heterocycles. The molecule has 0 amide bonds. The Labute approximate surface area is 113 Å². The summed E-state index contributed by atoms with van der Waals surface area (Å²) in [6.45, 7) is 4.01. The van der Waals surface area contributed by atoms with Gasteiger partial charge in [0.15, 0.2) is 0 Å². The zero-order chi connectivity index (χ0) is 13.9. The van der Waals surface area contributed by atoms with E-state index in [1.807, 2.05) is 0 Å². The predicted octanol–water partition coefficient (Wildman–Crippen LogP) is 3.10. The van der Waals surface area contributed by atoms with Crippen molar-refractivity contribution in [3.8, 4) is 0 Å². The molecule has 1 atom stereocenters. The van der Waals surface area contributed by atoms with E-state index in [0.29, 0.717) is 25.2 Å². The van der Waals surface area contributed by atoms with Crippen LogP contribution in [0.15, 0.2) is 11.6 Å². The lowest BCUT2D eigenvalue weighted by molar-refractivity contribution is -0.0964. The first-order valence-corrected chi connectivity index (χ1v) is 7.24. The summed E-state index contributed by atoms with van der Waals surface area (Å²) >= 11 is 0. The van der Waals surface area contributed by atoms with Gasteiger partial charge in [0, 0.05) is 37.3 Å². The molecule has 2 nitrogen and oxygen atoms in total. The summed E-state index contributed by atoms with van der Waals surface area (Å²) in [6, 6.07) is 1.03. The molecule has 110 valence electrons. The van der Waals surface area contributed by atoms with Gasteiger partial charge in [0.25, 0.3) is 0 Å². The van der Waals surface area contributed by atoms with E-state index in [2.05, 4.69) is 17.1 Å². The highest BCUT2D eigenvalue weighted by Gasteiger charge is 2.35. The molecule has 0 bridgehead atoms. The van der Waals surface area contributed by atoms with Crippen LogP contribution in [0.1, 0.15) is 39.0 Å². The third-order valence-corrected chi connectivity index (χ3v) is 3.96. The molecule has 1 N–H and O–H groups in total. The molecule has 0 aromatic carbocycles. The third kappa shape index (κ3) is 4.49. The summed E-state index contributed by atoms with van der Waals surface area (Å²) in [5.41, 5.74) is -0.353. The van der Waals surface area contributed by atoms with Crippen LogP contribution in [0.5, 0.6) is 0 Å². The minimum atomic E-state index is -4.14. The summed E-state index contributed by atoms with van der Waals surface area (Å²) < 4.78 is 37.7. The number of halogens is 3. The van der Waals surface area contributed by atoms with Crippen LogP contribution in [-0.2, 0) is 0 Å². The lowest BCUT2D eigenvalue weighted by Crippen LogP contribution is -2.45. The van der Waals surface area contributed by atoms with Gasteiger partial charge in [0.05, 0.1) is 0 Å². The van der Waals surface area contributed by atoms with Gasteiger partial charge in [-0.1, -0.05) is 19.4 Å². The van der Waals surface area contributed by atoms with Gasteiger partial charge < -0.3 is 5.32 Å². The summed E-state index contributed by atoms with van der Waals surface area (Å²) in [6.07, 6.45) is 1.97. The van der Waals surface area contributed by atoms with Gasteiger partial charge >= 0.3 is 6.18 Å². The lowest BCUT2D eigenvalue weighted by atomic mass is 10.0. The van der Waals surface area contributed by atoms with Crippen molar-refractivity contribution in [3.63, 3.8) is 0 Å². The first-order chi connectivity index (χ1) is 9.00. The Morgan fingerprint density at radius 1 is 1.42 bits per heavy atom. The van der Waals surface area contributed by atoms with Crippen LogP contribution in [-0.4, -0.2) is 42.8 Å². The summed E-state index contributed by atoms with van der Waals surface area (Å²) in [4.78, 5) is 2.19. The molecule has 19 heavy (non-hydrogen) atoms. The Balaban J connectivity index is 1.86. The maximum atomic E-state index is 12.6. The van der Waals surface area contributed by atoms with Crippen molar-refractivity contribution < 1.29 is 13.2 Å². The van der Waals surface area contributed by atoms with Crippen molar-refractivity contribution in [1.29, 1.82) is 0 Å². The zero-order valence-electron chi connectivity index (χ0n) is 11.5. The SMILES string of the molecule is CCCC(CNC1CC1)N1CC=C(C(F)(F)F)CC1. The van der Waals surface area contributed by atoms with Crippen molar-refractivity contribution in [2.75, 3.05) is 19.6 Å². The topological polar surface area (TPSA) is 15.3 Å². The standard InChI is InChI=1S/C14H23F3N2/c1-2-3-13(10-18-12-4-5-12)19-8-6-11(7-9-19)14(15,16)17/h6,12-13,18H,2-5,7-10H2,1H3. The minimum Gasteiger partial charge on any atom is -0.312 e. The maximum Gasteiger partial charge on any atom is 0.412 e. The lowest BCUT2D eigenvalue weighted by Gasteiger charge is -2.34. The van der Waals surface area contributed by atoms with Crippen molar-refractivity contribution in [1.82, 2.24) is 10.2 Å². The normalized spacial score (nSPS) is 23.3. The van der Waals surface area contributed by atoms with Crippen molar-refractivity contribution in [2.45, 2.75) is 57.3 Å². The smallest absolute Gasteiger partial charge is 0.312 e. The first kappa shape index (κ1) is 14.9. The number of hydrogen-bond acceptors (Lipinski definition) is 2. The van der Waals surface area contributed by atoms with E-state index in [1.54, 1.807) is 0 Å². The molecule has 0 aromatic rings. The minimum absolute atomic E-state index is 0.132. The monoisotopic (exact) mass is 276 g/mol. The van der Waals surface area contributed by atoms with E-state index >= 15 is 0 Å². The second-order valence-corrected chi connectivity index (χ2v) is 5.60. The van der Waals surface area contributed by atoms with Gasteiger partial charge in [-0.2, -0.15) is 13.2 Å². The second-order valence-electron chi connectivity index (χ2n) is 5.60. The van der Waals surface area contributed by atoms with Gasteiger partial charge in [-0.25, -0.2) is 0 Å². The number of hydrogen-bond donors (Lipinski definition) is 1. The van der Waals surface area contributed by atoms with Crippen LogP contribution >= 0.6 is 0 Å². The molecule has 1 aliphatic heterocycles. The molecule has 1 aliphatic carbocycles. The number of alkyl halides is 3. The van der Waals surface area contributed by atoms with Gasteiger partial charge in [-0.15, -0.1) is 0 Å². The Kier molecular flexibility index (Phi) is 4.90. The van der Waals surface area contributed by atoms with Crippen LogP contribution in [0.2, 0.25) is 0 Å². The van der Waals surface area contributed by atoms with E-state index in [0.717, 1.165) is 19.4 Å². The average Bonchev–Trinajstić information content (AvgIpc) is 3.17. The van der Waals surface area contributed by atoms with Crippen molar-refractivity contribution >= 4 is 0 Å². The quantitative estimate of drug-likeness (QED) is 0.750. The van der Waals surface area contributed by atoms with Crippen LogP contribution < -0.4 is 5.32 Å². The van der Waals surface area contributed by atoms with Crippen LogP contribution in [0.25, 0.3) is 0 Å². The van der Waals surface area contributed by atoms with Gasteiger partial charge in [0.2, 0.25) is 0 Å². The molecule has 1 heterocycles. The van der Waals surface area contributed by atoms with Gasteiger partial charge in [-0.05, 0) is 25.7 Å². The molecular weight excluding hydrogens is 253 g/mol. The molecule has 2 aliphatic rings. The van der Waals surface area contributed by atoms with E-state index in [9.17, 15) is 13.2 Å². The van der Waals surface area contributed by atoms with Crippen LogP contribution in [0.4, 0.5) is 13.2 Å². The molecule has 2 rings (SSSR count). The fraction of sp³-hybridized carbons (Fsp3) is 0.857. The Morgan fingerprint density at radius 3 is 2.63 bits per heavy atom. The molecule has 5 heteroatoms. The Bertz CT molecular complexity index is 321. The third-order valence-electron chi connectivity index (χ3n) is 3.96. The van der Waals surface area contributed by atoms with E-state index in [-0.39, 0.29) is 12.0 Å². The molecular formula is C14H23F3N2. The second kappa shape index (κ2) is 6.27. The number of nitrogens with one attached hydrogen (secondary N) is 1. The zero-order valence-corrected chi connectivity index (χ0v) is 11.5. The highest BCUT2D eigenvalue weighted by molar-refractivity contribution is 5.13. The van der Waals surface area contributed by atoms with Gasteiger partial charge in [-0.3, -0.25) is 4.90 Å². The summed E-state index contributed by atoms with van der Waals surface area (Å²) in [5, 5.41) is 3.50. The molecule has 1 saturated carbocycles. The van der Waals surface area contributed by atoms with Crippen molar-refractivity contribution in [2.24, 2.45) is 0 Å². The van der Waals surface area contributed by atoms with Crippen molar-refractivity contribution in [3.05, 3.63) is 11.6 Å². The van der Waals surface area contributed by atoms with E-state index in [1.165, 1.54) is 18.9 Å². The molecule has 1 fully saturated rings. The molecule has 0 aromatic heterocycles. The fourth-order valence-corrected chi connectivity index (χ4v) is 2.61. The van der Waals surface area contributed by atoms with Crippen LogP contribution in [0.3, 0.4) is 0 Å². The van der Waals surface area contributed by atoms with E-state index in [4.69, 9.17) is 0 Å². The van der Waals surface area contributed by atoms with Gasteiger partial charge in [0.1, 0.15) is 0 Å². The summed E-state index contributed by atoms with van der Waals surface area (Å²) in [7, 11) is 0. The molecule has 0 spiro atoms. The number of rotatable bonds is 6. The van der Waals surface area contributed by atoms with Crippen LogP contribution in [0, 0.1) is 0 Å². The fourth-order valence-electron chi connectivity index (χ4n) is 2.61. The van der Waals surface area contributed by atoms with E-state index < -0.39 is 6.18 Å². The molecule has 1 unspecified atom stereocenters. The first-order valence-electron chi connectivity index (χ1n) is 7.24. The predicted molar refractivity (Wildman–Crippen MR) is 70.0 cm³/mol. The largest absolute Gasteiger partial charge is 0.412 e. The highest BCUT2D eigenvalue weighted by Crippen LogP contribution is 2.31. The highest BCUT2D eigenvalue weighted by atomic mass is 19.4. The Morgan fingerprint density at radius 2 is 2.16 bits per heavy atom. The summed E-state index contributed by atoms with van der Waals surface area (Å²) in [5.74, 6) is 0. The molecule has 0 radical (unpaired) electrons.